The molecule has 2 aromatic rings. The summed E-state index contributed by atoms with van der Waals surface area (Å²) in [5, 5.41) is 0. The molecule has 2 heterocycles. The van der Waals surface area contributed by atoms with Gasteiger partial charge in [0, 0.05) is 40.2 Å². The number of halogens is 1. The number of hydrogen-bond donors (Lipinski definition) is 2. The molecule has 0 spiro atoms. The fourth-order valence-electron chi connectivity index (χ4n) is 3.27. The molecule has 2 unspecified atom stereocenters. The molecular weight excluding hydrogens is 380 g/mol. The van der Waals surface area contributed by atoms with Gasteiger partial charge in [-0.2, -0.15) is 0 Å². The Hall–Kier alpha value is -1.56. The molecule has 0 aliphatic carbocycles. The van der Waals surface area contributed by atoms with E-state index in [-0.39, 0.29) is 12.2 Å². The zero-order valence-corrected chi connectivity index (χ0v) is 15.9. The first kappa shape index (κ1) is 18.2. The van der Waals surface area contributed by atoms with Crippen molar-refractivity contribution in [2.75, 3.05) is 24.7 Å². The van der Waals surface area contributed by atoms with E-state index in [0.717, 1.165) is 65.9 Å². The Morgan fingerprint density at radius 1 is 0.800 bits per heavy atom. The van der Waals surface area contributed by atoms with E-state index >= 15 is 0 Å². The van der Waals surface area contributed by atoms with Gasteiger partial charge in [-0.1, -0.05) is 34.1 Å². The molecular formula is C20H25BrN2O2. The zero-order valence-electron chi connectivity index (χ0n) is 14.3. The molecule has 2 atom stereocenters. The highest BCUT2D eigenvalue weighted by Gasteiger charge is 2.20. The summed E-state index contributed by atoms with van der Waals surface area (Å²) >= 11 is 3.43. The summed E-state index contributed by atoms with van der Waals surface area (Å²) in [5.41, 5.74) is 15.6. The van der Waals surface area contributed by atoms with Crippen molar-refractivity contribution in [1.29, 1.82) is 0 Å². The van der Waals surface area contributed by atoms with Gasteiger partial charge in [-0.3, -0.25) is 0 Å². The third-order valence-electron chi connectivity index (χ3n) is 4.60. The fraction of sp³-hybridized carbons (Fsp3) is 0.400. The van der Waals surface area contributed by atoms with E-state index in [9.17, 15) is 0 Å². The number of nitrogens with two attached hydrogens (primary N) is 2. The minimum Gasteiger partial charge on any atom is -0.398 e. The van der Waals surface area contributed by atoms with Gasteiger partial charge in [-0.25, -0.2) is 0 Å². The lowest BCUT2D eigenvalue weighted by atomic mass is 10.1. The summed E-state index contributed by atoms with van der Waals surface area (Å²) in [7, 11) is 0. The number of nitrogen functional groups attached to an aromatic ring is 2. The topological polar surface area (TPSA) is 70.5 Å². The van der Waals surface area contributed by atoms with E-state index in [2.05, 4.69) is 15.9 Å². The smallest absolute Gasteiger partial charge is 0.0846 e. The molecule has 4 N–H and O–H groups in total. The molecule has 0 radical (unpaired) electrons. The second-order valence-corrected chi connectivity index (χ2v) is 7.32. The van der Waals surface area contributed by atoms with Gasteiger partial charge in [-0.15, -0.1) is 0 Å². The van der Waals surface area contributed by atoms with Crippen LogP contribution in [-0.4, -0.2) is 13.2 Å². The average molecular weight is 405 g/mol. The monoisotopic (exact) mass is 404 g/mol. The minimum absolute atomic E-state index is 0.206. The number of ether oxygens (including phenoxy) is 2. The van der Waals surface area contributed by atoms with Crippen LogP contribution in [0.15, 0.2) is 46.9 Å². The van der Waals surface area contributed by atoms with Gasteiger partial charge in [0.15, 0.2) is 0 Å². The summed E-state index contributed by atoms with van der Waals surface area (Å²) in [6, 6.07) is 13.9. The van der Waals surface area contributed by atoms with Crippen molar-refractivity contribution in [3.63, 3.8) is 0 Å². The van der Waals surface area contributed by atoms with Crippen LogP contribution >= 0.6 is 15.9 Å². The molecule has 0 aromatic heterocycles. The van der Waals surface area contributed by atoms with Gasteiger partial charge in [0.2, 0.25) is 0 Å². The summed E-state index contributed by atoms with van der Waals surface area (Å²) in [4.78, 5) is 0. The maximum atomic E-state index is 5.87. The largest absolute Gasteiger partial charge is 0.398 e. The average Bonchev–Trinajstić information content (AvgIpc) is 3.31. The molecule has 4 rings (SSSR count). The summed E-state index contributed by atoms with van der Waals surface area (Å²) in [6.07, 6.45) is 4.92. The van der Waals surface area contributed by atoms with E-state index in [1.165, 1.54) is 0 Å². The number of benzene rings is 2. The van der Waals surface area contributed by atoms with E-state index < -0.39 is 0 Å². The molecule has 2 fully saturated rings. The summed E-state index contributed by atoms with van der Waals surface area (Å²) in [6.45, 7) is 1.73. The molecule has 25 heavy (non-hydrogen) atoms. The fourth-order valence-corrected chi connectivity index (χ4v) is 3.65. The number of para-hydroxylation sites is 1. The molecule has 0 bridgehead atoms. The summed E-state index contributed by atoms with van der Waals surface area (Å²) in [5.74, 6) is 0. The molecule has 4 nitrogen and oxygen atoms in total. The highest BCUT2D eigenvalue weighted by molar-refractivity contribution is 9.10. The van der Waals surface area contributed by atoms with Crippen LogP contribution in [0.1, 0.15) is 49.0 Å². The van der Waals surface area contributed by atoms with Crippen LogP contribution in [0.2, 0.25) is 0 Å². The van der Waals surface area contributed by atoms with Crippen LogP contribution in [0.25, 0.3) is 0 Å². The lowest BCUT2D eigenvalue weighted by Crippen LogP contribution is -2.00. The molecule has 2 aromatic carbocycles. The van der Waals surface area contributed by atoms with Gasteiger partial charge < -0.3 is 20.9 Å². The molecule has 0 saturated carbocycles. The molecule has 134 valence electrons. The molecule has 2 aliphatic rings. The first-order valence-corrected chi connectivity index (χ1v) is 9.57. The van der Waals surface area contributed by atoms with Crippen LogP contribution in [0.5, 0.6) is 0 Å². The van der Waals surface area contributed by atoms with E-state index in [1.54, 1.807) is 0 Å². The number of rotatable bonds is 2. The van der Waals surface area contributed by atoms with Crippen molar-refractivity contribution in [3.05, 3.63) is 58.1 Å². The van der Waals surface area contributed by atoms with Crippen molar-refractivity contribution < 1.29 is 9.47 Å². The van der Waals surface area contributed by atoms with Gasteiger partial charge in [-0.05, 0) is 49.9 Å². The molecule has 2 saturated heterocycles. The standard InChI is InChI=1S/C10H12BrNO.C10H13NO/c11-7-3-4-9(12)8(6-7)10-2-1-5-13-10;11-9-5-2-1-4-8(9)10-6-3-7-12-10/h3-4,6,10H,1-2,5,12H2;1-2,4-5,10H,3,6-7,11H2. The van der Waals surface area contributed by atoms with Gasteiger partial charge in [0.25, 0.3) is 0 Å². The molecule has 0 amide bonds. The third kappa shape index (κ3) is 4.75. The van der Waals surface area contributed by atoms with E-state index in [1.807, 2.05) is 42.5 Å². The Labute approximate surface area is 157 Å². The predicted octanol–water partition coefficient (Wildman–Crippen LogP) is 5.00. The Kier molecular flexibility index (Phi) is 6.34. The minimum atomic E-state index is 0.206. The van der Waals surface area contributed by atoms with Crippen LogP contribution in [0.3, 0.4) is 0 Å². The van der Waals surface area contributed by atoms with Crippen LogP contribution in [0, 0.1) is 0 Å². The highest BCUT2D eigenvalue weighted by Crippen LogP contribution is 2.33. The van der Waals surface area contributed by atoms with Gasteiger partial charge in [0.1, 0.15) is 0 Å². The van der Waals surface area contributed by atoms with Gasteiger partial charge >= 0.3 is 0 Å². The Morgan fingerprint density at radius 2 is 1.40 bits per heavy atom. The molecule has 5 heteroatoms. The van der Waals surface area contributed by atoms with E-state index in [0.29, 0.717) is 0 Å². The number of hydrogen-bond acceptors (Lipinski definition) is 4. The SMILES string of the molecule is Nc1ccc(Br)cc1C1CCCO1.Nc1ccccc1C1CCCO1. The quantitative estimate of drug-likeness (QED) is 0.690. The maximum absolute atomic E-state index is 5.87. The highest BCUT2D eigenvalue weighted by atomic mass is 79.9. The Balaban J connectivity index is 0.000000146. The van der Waals surface area contributed by atoms with Crippen molar-refractivity contribution in [2.24, 2.45) is 0 Å². The molecule has 2 aliphatic heterocycles. The number of anilines is 2. The third-order valence-corrected chi connectivity index (χ3v) is 5.09. The Bertz CT molecular complexity index is 696. The first-order valence-electron chi connectivity index (χ1n) is 8.77. The predicted molar refractivity (Wildman–Crippen MR) is 105 cm³/mol. The van der Waals surface area contributed by atoms with Crippen molar-refractivity contribution in [2.45, 2.75) is 37.9 Å². The van der Waals surface area contributed by atoms with Crippen molar-refractivity contribution >= 4 is 27.3 Å². The maximum Gasteiger partial charge on any atom is 0.0846 e. The lowest BCUT2D eigenvalue weighted by molar-refractivity contribution is 0.112. The van der Waals surface area contributed by atoms with E-state index in [4.69, 9.17) is 20.9 Å². The van der Waals surface area contributed by atoms with Gasteiger partial charge in [0.05, 0.1) is 12.2 Å². The van der Waals surface area contributed by atoms with Crippen molar-refractivity contribution in [3.8, 4) is 0 Å². The van der Waals surface area contributed by atoms with Crippen LogP contribution in [-0.2, 0) is 9.47 Å². The summed E-state index contributed by atoms with van der Waals surface area (Å²) < 4.78 is 12.2. The normalized spacial score (nSPS) is 22.4. The van der Waals surface area contributed by atoms with Crippen LogP contribution in [0.4, 0.5) is 11.4 Å². The second kappa shape index (κ2) is 8.70. The second-order valence-electron chi connectivity index (χ2n) is 6.41. The van der Waals surface area contributed by atoms with Crippen LogP contribution < -0.4 is 11.5 Å². The first-order chi connectivity index (χ1) is 12.1. The zero-order chi connectivity index (χ0) is 17.6. The Morgan fingerprint density at radius 3 is 2.00 bits per heavy atom. The van der Waals surface area contributed by atoms with Crippen molar-refractivity contribution in [1.82, 2.24) is 0 Å². The lowest BCUT2D eigenvalue weighted by Gasteiger charge is -2.12.